The molecule has 0 aromatic carbocycles. The van der Waals surface area contributed by atoms with E-state index in [2.05, 4.69) is 23.7 Å². The minimum absolute atomic E-state index is 0.405. The van der Waals surface area contributed by atoms with E-state index < -0.39 is 0 Å². The highest BCUT2D eigenvalue weighted by Crippen LogP contribution is 2.14. The van der Waals surface area contributed by atoms with Crippen LogP contribution in [0.5, 0.6) is 0 Å². The SMILES string of the molecule is CCN(Cc1csc(N)n1)C(C)COC. The van der Waals surface area contributed by atoms with Gasteiger partial charge >= 0.3 is 0 Å². The quantitative estimate of drug-likeness (QED) is 0.804. The van der Waals surface area contributed by atoms with Crippen molar-refractivity contribution in [1.82, 2.24) is 9.88 Å². The molecule has 2 N–H and O–H groups in total. The van der Waals surface area contributed by atoms with E-state index in [1.54, 1.807) is 7.11 Å². The highest BCUT2D eigenvalue weighted by Gasteiger charge is 2.13. The molecular formula is C10H19N3OS. The van der Waals surface area contributed by atoms with Crippen molar-refractivity contribution in [3.63, 3.8) is 0 Å². The summed E-state index contributed by atoms with van der Waals surface area (Å²) in [5.74, 6) is 0. The first-order valence-electron chi connectivity index (χ1n) is 5.10. The average molecular weight is 229 g/mol. The second kappa shape index (κ2) is 6.05. The number of nitrogens with zero attached hydrogens (tertiary/aromatic N) is 2. The monoisotopic (exact) mass is 229 g/mol. The van der Waals surface area contributed by atoms with Crippen LogP contribution in [0.25, 0.3) is 0 Å². The lowest BCUT2D eigenvalue weighted by Gasteiger charge is -2.26. The van der Waals surface area contributed by atoms with Gasteiger partial charge in [0.15, 0.2) is 5.13 Å². The van der Waals surface area contributed by atoms with Crippen molar-refractivity contribution in [3.05, 3.63) is 11.1 Å². The summed E-state index contributed by atoms with van der Waals surface area (Å²) in [5.41, 5.74) is 6.64. The Morgan fingerprint density at radius 3 is 2.87 bits per heavy atom. The van der Waals surface area contributed by atoms with Crippen LogP contribution in [0.2, 0.25) is 0 Å². The van der Waals surface area contributed by atoms with Crippen LogP contribution in [0.15, 0.2) is 5.38 Å². The number of aromatic nitrogens is 1. The van der Waals surface area contributed by atoms with Crippen LogP contribution in [0.3, 0.4) is 0 Å². The van der Waals surface area contributed by atoms with E-state index in [4.69, 9.17) is 10.5 Å². The third-order valence-corrected chi connectivity index (χ3v) is 3.09. The van der Waals surface area contributed by atoms with Crippen LogP contribution in [0.1, 0.15) is 19.5 Å². The molecule has 1 unspecified atom stereocenters. The second-order valence-corrected chi connectivity index (χ2v) is 4.43. The third kappa shape index (κ3) is 3.77. The maximum absolute atomic E-state index is 5.59. The standard InChI is InChI=1S/C10H19N3OS/c1-4-13(8(2)6-14-3)5-9-7-15-10(11)12-9/h7-8H,4-6H2,1-3H3,(H2,11,12). The molecule has 0 saturated carbocycles. The van der Waals surface area contributed by atoms with E-state index in [1.807, 2.05) is 5.38 Å². The molecule has 1 aromatic rings. The number of methoxy groups -OCH3 is 1. The topological polar surface area (TPSA) is 51.4 Å². The van der Waals surface area contributed by atoms with E-state index in [0.717, 1.165) is 25.4 Å². The molecular weight excluding hydrogens is 210 g/mol. The zero-order chi connectivity index (χ0) is 11.3. The van der Waals surface area contributed by atoms with E-state index in [9.17, 15) is 0 Å². The van der Waals surface area contributed by atoms with Crippen LogP contribution in [-0.4, -0.2) is 36.2 Å². The van der Waals surface area contributed by atoms with Crippen molar-refractivity contribution < 1.29 is 4.74 Å². The van der Waals surface area contributed by atoms with Crippen molar-refractivity contribution in [2.75, 3.05) is 26.0 Å². The minimum Gasteiger partial charge on any atom is -0.383 e. The van der Waals surface area contributed by atoms with Crippen LogP contribution in [0.4, 0.5) is 5.13 Å². The normalized spacial score (nSPS) is 13.3. The molecule has 86 valence electrons. The summed E-state index contributed by atoms with van der Waals surface area (Å²) in [4.78, 5) is 6.57. The fraction of sp³-hybridized carbons (Fsp3) is 0.700. The molecule has 0 saturated heterocycles. The number of likely N-dealkylation sites (N-methyl/N-ethyl adjacent to an activating group) is 1. The zero-order valence-corrected chi connectivity index (χ0v) is 10.4. The molecule has 0 aliphatic rings. The van der Waals surface area contributed by atoms with Gasteiger partial charge in [-0.1, -0.05) is 6.92 Å². The molecule has 15 heavy (non-hydrogen) atoms. The summed E-state index contributed by atoms with van der Waals surface area (Å²) in [7, 11) is 1.73. The molecule has 1 heterocycles. The van der Waals surface area contributed by atoms with E-state index in [1.165, 1.54) is 11.3 Å². The molecule has 5 heteroatoms. The van der Waals surface area contributed by atoms with Gasteiger partial charge in [0.25, 0.3) is 0 Å². The van der Waals surface area contributed by atoms with Crippen molar-refractivity contribution in [2.24, 2.45) is 0 Å². The number of nitrogen functional groups attached to an aromatic ring is 1. The van der Waals surface area contributed by atoms with Gasteiger partial charge in [0.1, 0.15) is 0 Å². The molecule has 1 aromatic heterocycles. The van der Waals surface area contributed by atoms with Gasteiger partial charge in [-0.25, -0.2) is 4.98 Å². The number of nitrogens with two attached hydrogens (primary N) is 1. The van der Waals surface area contributed by atoms with Crippen LogP contribution >= 0.6 is 11.3 Å². The number of thiazole rings is 1. The maximum Gasteiger partial charge on any atom is 0.180 e. The molecule has 0 radical (unpaired) electrons. The summed E-state index contributed by atoms with van der Waals surface area (Å²) >= 11 is 1.49. The number of hydrogen-bond acceptors (Lipinski definition) is 5. The minimum atomic E-state index is 0.405. The number of rotatable bonds is 6. The van der Waals surface area contributed by atoms with Crippen LogP contribution in [-0.2, 0) is 11.3 Å². The lowest BCUT2D eigenvalue weighted by molar-refractivity contribution is 0.0975. The van der Waals surface area contributed by atoms with Gasteiger partial charge in [-0.2, -0.15) is 0 Å². The van der Waals surface area contributed by atoms with Crippen LogP contribution < -0.4 is 5.73 Å². The Morgan fingerprint density at radius 1 is 1.67 bits per heavy atom. The van der Waals surface area contributed by atoms with Crippen molar-refractivity contribution in [2.45, 2.75) is 26.4 Å². The molecule has 4 nitrogen and oxygen atoms in total. The molecule has 0 bridgehead atoms. The van der Waals surface area contributed by atoms with E-state index >= 15 is 0 Å². The summed E-state index contributed by atoms with van der Waals surface area (Å²) in [6, 6.07) is 0.405. The fourth-order valence-corrected chi connectivity index (χ4v) is 2.08. The molecule has 0 spiro atoms. The Kier molecular flexibility index (Phi) is 5.01. The highest BCUT2D eigenvalue weighted by atomic mass is 32.1. The summed E-state index contributed by atoms with van der Waals surface area (Å²) < 4.78 is 5.15. The number of ether oxygens (including phenoxy) is 1. The smallest absolute Gasteiger partial charge is 0.180 e. The number of anilines is 1. The molecule has 0 aliphatic carbocycles. The van der Waals surface area contributed by atoms with Gasteiger partial charge in [-0.3, -0.25) is 4.90 Å². The summed E-state index contributed by atoms with van der Waals surface area (Å²) in [6.45, 7) is 6.87. The van der Waals surface area contributed by atoms with Crippen molar-refractivity contribution in [1.29, 1.82) is 0 Å². The van der Waals surface area contributed by atoms with Crippen molar-refractivity contribution >= 4 is 16.5 Å². The molecule has 0 aliphatic heterocycles. The average Bonchev–Trinajstić information content (AvgIpc) is 2.61. The van der Waals surface area contributed by atoms with Gasteiger partial charge in [0.2, 0.25) is 0 Å². The largest absolute Gasteiger partial charge is 0.383 e. The van der Waals surface area contributed by atoms with Gasteiger partial charge < -0.3 is 10.5 Å². The first-order chi connectivity index (χ1) is 7.17. The Hall–Kier alpha value is -0.650. The predicted molar refractivity (Wildman–Crippen MR) is 63.9 cm³/mol. The van der Waals surface area contributed by atoms with Gasteiger partial charge in [0.05, 0.1) is 12.3 Å². The predicted octanol–water partition coefficient (Wildman–Crippen LogP) is 1.58. The Balaban J connectivity index is 2.53. The first kappa shape index (κ1) is 12.4. The third-order valence-electron chi connectivity index (χ3n) is 2.37. The second-order valence-electron chi connectivity index (χ2n) is 3.54. The lowest BCUT2D eigenvalue weighted by Crippen LogP contribution is -2.35. The Morgan fingerprint density at radius 2 is 2.40 bits per heavy atom. The van der Waals surface area contributed by atoms with Gasteiger partial charge in [-0.15, -0.1) is 11.3 Å². The van der Waals surface area contributed by atoms with Gasteiger partial charge in [-0.05, 0) is 13.5 Å². The molecule has 0 amide bonds. The molecule has 1 rings (SSSR count). The summed E-state index contributed by atoms with van der Waals surface area (Å²) in [6.07, 6.45) is 0. The Bertz CT molecular complexity index is 290. The van der Waals surface area contributed by atoms with Crippen molar-refractivity contribution in [3.8, 4) is 0 Å². The molecule has 1 atom stereocenters. The molecule has 0 fully saturated rings. The highest BCUT2D eigenvalue weighted by molar-refractivity contribution is 7.13. The fourth-order valence-electron chi connectivity index (χ4n) is 1.53. The maximum atomic E-state index is 5.59. The number of hydrogen-bond donors (Lipinski definition) is 1. The van der Waals surface area contributed by atoms with E-state index in [-0.39, 0.29) is 0 Å². The lowest BCUT2D eigenvalue weighted by atomic mass is 10.3. The summed E-state index contributed by atoms with van der Waals surface area (Å²) in [5, 5.41) is 2.65. The Labute approximate surface area is 95.1 Å². The van der Waals surface area contributed by atoms with Crippen LogP contribution in [0, 0.1) is 0 Å². The van der Waals surface area contributed by atoms with E-state index in [0.29, 0.717) is 11.2 Å². The van der Waals surface area contributed by atoms with Gasteiger partial charge in [0, 0.05) is 25.1 Å². The first-order valence-corrected chi connectivity index (χ1v) is 5.98. The zero-order valence-electron chi connectivity index (χ0n) is 9.56.